The molecule has 1 saturated carbocycles. The molecule has 2 N–H and O–H groups in total. The maximum Gasteiger partial charge on any atom is 0.273 e. The van der Waals surface area contributed by atoms with Gasteiger partial charge in [0, 0.05) is 12.1 Å². The van der Waals surface area contributed by atoms with E-state index >= 15 is 0 Å². The fraction of sp³-hybridized carbons (Fsp3) is 0.562. The molecule has 0 atom stereocenters. The van der Waals surface area contributed by atoms with Gasteiger partial charge in [-0.2, -0.15) is 0 Å². The summed E-state index contributed by atoms with van der Waals surface area (Å²) in [6.45, 7) is 1.93. The Labute approximate surface area is 139 Å². The lowest BCUT2D eigenvalue weighted by atomic mass is 10.0. The van der Waals surface area contributed by atoms with Crippen LogP contribution in [-0.2, 0) is 4.79 Å². The van der Waals surface area contributed by atoms with Gasteiger partial charge in [-0.25, -0.2) is 4.98 Å². The van der Waals surface area contributed by atoms with Crippen LogP contribution in [-0.4, -0.2) is 52.6 Å². The molecule has 3 heterocycles. The first-order chi connectivity index (χ1) is 11.2. The number of pyridine rings is 1. The Hall–Kier alpha value is -1.60. The molecule has 6 nitrogen and oxygen atoms in total. The van der Waals surface area contributed by atoms with Crippen molar-refractivity contribution in [2.24, 2.45) is 0 Å². The Morgan fingerprint density at radius 1 is 1.17 bits per heavy atom. The average molecular weight is 332 g/mol. The van der Waals surface area contributed by atoms with E-state index in [1.165, 1.54) is 11.8 Å². The van der Waals surface area contributed by atoms with Crippen LogP contribution in [0.15, 0.2) is 17.0 Å². The third-order valence-corrected chi connectivity index (χ3v) is 5.62. The van der Waals surface area contributed by atoms with E-state index in [4.69, 9.17) is 0 Å². The zero-order valence-corrected chi connectivity index (χ0v) is 13.7. The first-order valence-electron chi connectivity index (χ1n) is 8.19. The molecule has 2 fully saturated rings. The molecular weight excluding hydrogens is 312 g/mol. The predicted octanol–water partition coefficient (Wildman–Crippen LogP) is 1.48. The number of thioether (sulfide) groups is 1. The van der Waals surface area contributed by atoms with Gasteiger partial charge in [0.05, 0.1) is 10.6 Å². The number of nitrogens with zero attached hydrogens (tertiary/aromatic N) is 2. The van der Waals surface area contributed by atoms with Crippen molar-refractivity contribution in [2.75, 3.05) is 24.2 Å². The summed E-state index contributed by atoms with van der Waals surface area (Å²) in [5.41, 5.74) is 0.442. The summed E-state index contributed by atoms with van der Waals surface area (Å²) in [4.78, 5) is 32.0. The highest BCUT2D eigenvalue weighted by Gasteiger charge is 2.38. The molecule has 1 saturated heterocycles. The van der Waals surface area contributed by atoms with Gasteiger partial charge in [-0.1, -0.05) is 0 Å². The second-order valence-corrected chi connectivity index (χ2v) is 7.32. The number of hydrogen-bond acceptors (Lipinski definition) is 5. The van der Waals surface area contributed by atoms with Crippen LogP contribution in [0.5, 0.6) is 0 Å². The third-order valence-electron chi connectivity index (χ3n) is 4.57. The van der Waals surface area contributed by atoms with Gasteiger partial charge in [0.1, 0.15) is 11.5 Å². The van der Waals surface area contributed by atoms with Crippen LogP contribution in [0, 0.1) is 0 Å². The lowest BCUT2D eigenvalue weighted by Crippen LogP contribution is -2.47. The number of carbonyl (C=O) groups is 2. The number of anilines is 1. The molecule has 1 aliphatic carbocycles. The van der Waals surface area contributed by atoms with E-state index in [1.807, 2.05) is 11.0 Å². The highest BCUT2D eigenvalue weighted by atomic mass is 32.2. The van der Waals surface area contributed by atoms with Gasteiger partial charge >= 0.3 is 0 Å². The summed E-state index contributed by atoms with van der Waals surface area (Å²) in [7, 11) is 0. The second-order valence-electron chi connectivity index (χ2n) is 6.30. The Balaban J connectivity index is 1.59. The minimum atomic E-state index is -0.0583. The van der Waals surface area contributed by atoms with Crippen LogP contribution in [0.25, 0.3) is 0 Å². The predicted molar refractivity (Wildman–Crippen MR) is 88.7 cm³/mol. The zero-order chi connectivity index (χ0) is 15.8. The van der Waals surface area contributed by atoms with Gasteiger partial charge in [-0.05, 0) is 50.9 Å². The normalized spacial score (nSPS) is 21.5. The summed E-state index contributed by atoms with van der Waals surface area (Å²) >= 11 is 1.46. The lowest BCUT2D eigenvalue weighted by molar-refractivity contribution is -0.113. The summed E-state index contributed by atoms with van der Waals surface area (Å²) in [6.07, 6.45) is 4.18. The Morgan fingerprint density at radius 3 is 2.65 bits per heavy atom. The zero-order valence-electron chi connectivity index (χ0n) is 12.9. The summed E-state index contributed by atoms with van der Waals surface area (Å²) < 4.78 is 0. The van der Waals surface area contributed by atoms with Crippen LogP contribution in [0.2, 0.25) is 0 Å². The molecule has 122 valence electrons. The van der Waals surface area contributed by atoms with Crippen LogP contribution < -0.4 is 10.6 Å². The lowest BCUT2D eigenvalue weighted by Gasteiger charge is -2.35. The number of rotatable bonds is 3. The molecule has 0 unspecified atom stereocenters. The molecule has 0 aromatic carbocycles. The summed E-state index contributed by atoms with van der Waals surface area (Å²) in [5, 5.41) is 6.12. The Kier molecular flexibility index (Phi) is 3.98. The monoisotopic (exact) mass is 332 g/mol. The van der Waals surface area contributed by atoms with Gasteiger partial charge in [0.25, 0.3) is 5.91 Å². The van der Waals surface area contributed by atoms with E-state index in [0.717, 1.165) is 43.7 Å². The number of nitrogens with one attached hydrogen (secondary N) is 2. The quantitative estimate of drug-likeness (QED) is 0.877. The van der Waals surface area contributed by atoms with Crippen molar-refractivity contribution >= 4 is 29.4 Å². The van der Waals surface area contributed by atoms with E-state index in [1.54, 1.807) is 6.07 Å². The minimum Gasteiger partial charge on any atom is -0.331 e. The molecule has 23 heavy (non-hydrogen) atoms. The average Bonchev–Trinajstić information content (AvgIpc) is 3.40. The molecule has 1 aromatic heterocycles. The molecule has 7 heteroatoms. The van der Waals surface area contributed by atoms with Gasteiger partial charge < -0.3 is 15.5 Å². The fourth-order valence-corrected chi connectivity index (χ4v) is 4.04. The highest BCUT2D eigenvalue weighted by molar-refractivity contribution is 8.00. The van der Waals surface area contributed by atoms with E-state index in [2.05, 4.69) is 15.6 Å². The van der Waals surface area contributed by atoms with Crippen molar-refractivity contribution in [3.8, 4) is 0 Å². The molecular formula is C16H20N4O2S. The van der Waals surface area contributed by atoms with Gasteiger partial charge in [-0.15, -0.1) is 11.8 Å². The third kappa shape index (κ3) is 3.07. The number of carbonyl (C=O) groups excluding carboxylic acids is 2. The largest absolute Gasteiger partial charge is 0.331 e. The second kappa shape index (κ2) is 6.13. The maximum atomic E-state index is 13.0. The Bertz CT molecular complexity index is 641. The first-order valence-corrected chi connectivity index (χ1v) is 9.18. The van der Waals surface area contributed by atoms with Crippen molar-refractivity contribution in [1.82, 2.24) is 15.2 Å². The SMILES string of the molecule is O=C1CSc2ccc(C(=O)N(C3CCNCC3)C3CC3)nc2N1. The van der Waals surface area contributed by atoms with Crippen LogP contribution in [0.1, 0.15) is 36.2 Å². The first kappa shape index (κ1) is 15.0. The van der Waals surface area contributed by atoms with Crippen LogP contribution >= 0.6 is 11.8 Å². The number of amides is 2. The van der Waals surface area contributed by atoms with E-state index in [0.29, 0.717) is 29.3 Å². The van der Waals surface area contributed by atoms with Crippen molar-refractivity contribution < 1.29 is 9.59 Å². The number of piperidine rings is 1. The fourth-order valence-electron chi connectivity index (χ4n) is 3.28. The Morgan fingerprint density at radius 2 is 1.91 bits per heavy atom. The molecule has 1 aromatic rings. The molecule has 3 aliphatic rings. The van der Waals surface area contributed by atoms with Crippen molar-refractivity contribution in [1.29, 1.82) is 0 Å². The van der Waals surface area contributed by atoms with Gasteiger partial charge in [-0.3, -0.25) is 9.59 Å². The minimum absolute atomic E-state index is 0.00650. The van der Waals surface area contributed by atoms with Crippen LogP contribution in [0.3, 0.4) is 0 Å². The van der Waals surface area contributed by atoms with Crippen LogP contribution in [0.4, 0.5) is 5.82 Å². The maximum absolute atomic E-state index is 13.0. The molecule has 4 rings (SSSR count). The van der Waals surface area contributed by atoms with Gasteiger partial charge in [0.15, 0.2) is 0 Å². The topological polar surface area (TPSA) is 74.3 Å². The number of fused-ring (bicyclic) bond motifs is 1. The highest BCUT2D eigenvalue weighted by Crippen LogP contribution is 2.34. The van der Waals surface area contributed by atoms with Crippen molar-refractivity contribution in [2.45, 2.75) is 42.7 Å². The summed E-state index contributed by atoms with van der Waals surface area (Å²) in [6, 6.07) is 4.36. The van der Waals surface area contributed by atoms with E-state index in [9.17, 15) is 9.59 Å². The number of hydrogen-bond donors (Lipinski definition) is 2. The van der Waals surface area contributed by atoms with Gasteiger partial charge in [0.2, 0.25) is 5.91 Å². The number of aromatic nitrogens is 1. The molecule has 0 bridgehead atoms. The van der Waals surface area contributed by atoms with E-state index in [-0.39, 0.29) is 11.8 Å². The summed E-state index contributed by atoms with van der Waals surface area (Å²) in [5.74, 6) is 0.882. The smallest absolute Gasteiger partial charge is 0.273 e. The van der Waals surface area contributed by atoms with E-state index < -0.39 is 0 Å². The molecule has 2 aliphatic heterocycles. The van der Waals surface area contributed by atoms with Crippen molar-refractivity contribution in [3.05, 3.63) is 17.8 Å². The molecule has 0 spiro atoms. The molecule has 0 radical (unpaired) electrons. The van der Waals surface area contributed by atoms with Crippen molar-refractivity contribution in [3.63, 3.8) is 0 Å². The molecule has 2 amide bonds. The standard InChI is InChI=1S/C16H20N4O2S/c21-14-9-23-13-4-3-12(18-15(13)19-14)16(22)20(10-1-2-10)11-5-7-17-8-6-11/h3-4,10-11,17H,1-2,5-9H2,(H,18,19,21).